The Hall–Kier alpha value is -4.35. The molecule has 0 fully saturated rings. The summed E-state index contributed by atoms with van der Waals surface area (Å²) < 4.78 is 0. The lowest BCUT2D eigenvalue weighted by Gasteiger charge is -2.17. The number of anilines is 1. The van der Waals surface area contributed by atoms with Crippen LogP contribution in [0.2, 0.25) is 0 Å². The van der Waals surface area contributed by atoms with E-state index in [0.717, 1.165) is 39.1 Å². The van der Waals surface area contributed by atoms with Crippen molar-refractivity contribution < 1.29 is 0 Å². The molecule has 0 saturated carbocycles. The van der Waals surface area contributed by atoms with Crippen molar-refractivity contribution >= 4 is 33.2 Å². The van der Waals surface area contributed by atoms with Crippen LogP contribution in [-0.4, -0.2) is 7.05 Å². The molecule has 4 rings (SSSR count). The average molecular weight is 485 g/mol. The van der Waals surface area contributed by atoms with E-state index in [9.17, 15) is 5.26 Å². The summed E-state index contributed by atoms with van der Waals surface area (Å²) in [5.74, 6) is 0. The van der Waals surface area contributed by atoms with Gasteiger partial charge < -0.3 is 5.32 Å². The van der Waals surface area contributed by atoms with E-state index >= 15 is 0 Å². The molecule has 0 atom stereocenters. The number of hydrogen-bond donors (Lipinski definition) is 1. The molecule has 0 unspecified atom stereocenters. The molecule has 0 saturated heterocycles. The zero-order chi connectivity index (χ0) is 26.9. The average Bonchev–Trinajstić information content (AvgIpc) is 3.26. The third-order valence-corrected chi connectivity index (χ3v) is 6.63. The molecule has 3 aromatic rings. The van der Waals surface area contributed by atoms with Crippen LogP contribution in [0, 0.1) is 11.3 Å². The summed E-state index contributed by atoms with van der Waals surface area (Å²) in [5.41, 5.74) is 10.8. The molecule has 1 aliphatic rings. The van der Waals surface area contributed by atoms with Gasteiger partial charge in [0.2, 0.25) is 0 Å². The molecule has 37 heavy (non-hydrogen) atoms. The van der Waals surface area contributed by atoms with Gasteiger partial charge in [0, 0.05) is 23.7 Å². The van der Waals surface area contributed by atoms with Gasteiger partial charge in [-0.2, -0.15) is 5.26 Å². The number of allylic oxidation sites excluding steroid dienone is 11. The Balaban J connectivity index is 0.00000186. The fraction of sp³-hybridized carbons (Fsp3) is 0.171. The van der Waals surface area contributed by atoms with E-state index in [2.05, 4.69) is 97.7 Å². The van der Waals surface area contributed by atoms with E-state index in [1.165, 1.54) is 21.9 Å². The molecule has 1 N–H and O–H groups in total. The van der Waals surface area contributed by atoms with Crippen molar-refractivity contribution in [2.75, 3.05) is 12.4 Å². The zero-order valence-corrected chi connectivity index (χ0v) is 22.8. The highest BCUT2D eigenvalue weighted by Crippen LogP contribution is 2.52. The number of nitriles is 1. The number of nitrogens with one attached hydrogen (secondary N) is 1. The van der Waals surface area contributed by atoms with Gasteiger partial charge in [-0.3, -0.25) is 0 Å². The molecule has 3 aromatic carbocycles. The SMILES string of the molecule is C=C\C=C/C(/C=C1/C(=C(\C(C)=C(\C)C#N)c2ccccc2)c2cccc3c(NC)ccc1c23)=C\C.CC. The molecule has 0 aliphatic heterocycles. The van der Waals surface area contributed by atoms with Gasteiger partial charge in [0.15, 0.2) is 0 Å². The topological polar surface area (TPSA) is 35.8 Å². The van der Waals surface area contributed by atoms with Crippen molar-refractivity contribution in [1.82, 2.24) is 0 Å². The van der Waals surface area contributed by atoms with Crippen LogP contribution in [0.15, 0.2) is 114 Å². The first-order chi connectivity index (χ1) is 18.0. The van der Waals surface area contributed by atoms with Crippen LogP contribution in [0.25, 0.3) is 27.5 Å². The minimum Gasteiger partial charge on any atom is -0.388 e. The van der Waals surface area contributed by atoms with Crippen molar-refractivity contribution in [1.29, 1.82) is 5.26 Å². The predicted molar refractivity (Wildman–Crippen MR) is 163 cm³/mol. The first-order valence-corrected chi connectivity index (χ1v) is 12.8. The Labute approximate surface area is 222 Å². The molecule has 2 heteroatoms. The minimum atomic E-state index is 0.715. The standard InChI is InChI=1S/C33H30N2.C2H6/c1-6-8-13-24(7-2)20-29-26-18-19-30(35-5)27-16-12-17-28(32(26)27)33(29)31(23(4)22(3)21-34)25-14-10-9-11-15-25;1-2/h6-20,35H,1H2,2-5H3;1-2H3/b13-8-,23-22-,24-7+,29-20+,33-31+;. The second kappa shape index (κ2) is 12.6. The maximum Gasteiger partial charge on any atom is 0.0947 e. The van der Waals surface area contributed by atoms with Gasteiger partial charge in [0.05, 0.1) is 6.07 Å². The van der Waals surface area contributed by atoms with Crippen LogP contribution in [0.1, 0.15) is 51.3 Å². The van der Waals surface area contributed by atoms with E-state index in [-0.39, 0.29) is 0 Å². The van der Waals surface area contributed by atoms with Gasteiger partial charge in [0.25, 0.3) is 0 Å². The Morgan fingerprint density at radius 1 is 0.946 bits per heavy atom. The summed E-state index contributed by atoms with van der Waals surface area (Å²) in [6.45, 7) is 13.8. The van der Waals surface area contributed by atoms with Gasteiger partial charge in [-0.25, -0.2) is 0 Å². The first-order valence-electron chi connectivity index (χ1n) is 12.8. The van der Waals surface area contributed by atoms with E-state index in [1.54, 1.807) is 6.08 Å². The Bertz CT molecular complexity index is 1500. The maximum atomic E-state index is 9.80. The summed E-state index contributed by atoms with van der Waals surface area (Å²) >= 11 is 0. The van der Waals surface area contributed by atoms with E-state index in [4.69, 9.17) is 0 Å². The quantitative estimate of drug-likeness (QED) is 0.279. The van der Waals surface area contributed by atoms with Gasteiger partial charge in [-0.1, -0.05) is 99.3 Å². The van der Waals surface area contributed by atoms with Crippen LogP contribution in [0.4, 0.5) is 5.69 Å². The molecule has 0 amide bonds. The highest BCUT2D eigenvalue weighted by Gasteiger charge is 2.29. The van der Waals surface area contributed by atoms with E-state index in [0.29, 0.717) is 5.57 Å². The second-order valence-electron chi connectivity index (χ2n) is 8.56. The smallest absolute Gasteiger partial charge is 0.0947 e. The van der Waals surface area contributed by atoms with Crippen LogP contribution in [0.5, 0.6) is 0 Å². The normalized spacial score (nSPS) is 15.7. The molecular formula is C35H36N2. The lowest BCUT2D eigenvalue weighted by Crippen LogP contribution is -1.96. The van der Waals surface area contributed by atoms with Crippen molar-refractivity contribution in [2.24, 2.45) is 0 Å². The largest absolute Gasteiger partial charge is 0.388 e. The minimum absolute atomic E-state index is 0.715. The number of nitrogens with zero attached hydrogens (tertiary/aromatic N) is 1. The molecule has 2 nitrogen and oxygen atoms in total. The first kappa shape index (κ1) is 27.2. The highest BCUT2D eigenvalue weighted by molar-refractivity contribution is 6.30. The lowest BCUT2D eigenvalue weighted by molar-refractivity contribution is 1.36. The van der Waals surface area contributed by atoms with Gasteiger partial charge >= 0.3 is 0 Å². The van der Waals surface area contributed by atoms with Crippen molar-refractivity contribution in [3.8, 4) is 6.07 Å². The van der Waals surface area contributed by atoms with Gasteiger partial charge in [-0.15, -0.1) is 0 Å². The van der Waals surface area contributed by atoms with E-state index in [1.807, 2.05) is 46.9 Å². The third kappa shape index (κ3) is 5.27. The maximum absolute atomic E-state index is 9.80. The van der Waals surface area contributed by atoms with Crippen molar-refractivity contribution in [3.05, 3.63) is 131 Å². The fourth-order valence-corrected chi connectivity index (χ4v) is 4.75. The monoisotopic (exact) mass is 484 g/mol. The fourth-order valence-electron chi connectivity index (χ4n) is 4.75. The molecule has 0 aromatic heterocycles. The highest BCUT2D eigenvalue weighted by atomic mass is 14.8. The van der Waals surface area contributed by atoms with Crippen LogP contribution >= 0.6 is 0 Å². The molecule has 0 bridgehead atoms. The molecular weight excluding hydrogens is 448 g/mol. The molecule has 1 aliphatic carbocycles. The lowest BCUT2D eigenvalue weighted by atomic mass is 9.86. The summed E-state index contributed by atoms with van der Waals surface area (Å²) in [7, 11) is 1.96. The Morgan fingerprint density at radius 2 is 1.68 bits per heavy atom. The van der Waals surface area contributed by atoms with E-state index < -0.39 is 0 Å². The van der Waals surface area contributed by atoms with Crippen molar-refractivity contribution in [2.45, 2.75) is 34.6 Å². The summed E-state index contributed by atoms with van der Waals surface area (Å²) in [6, 6.07) is 23.6. The number of benzene rings is 3. The van der Waals surface area contributed by atoms with Crippen molar-refractivity contribution in [3.63, 3.8) is 0 Å². The summed E-state index contributed by atoms with van der Waals surface area (Å²) in [5, 5.41) is 15.6. The third-order valence-electron chi connectivity index (χ3n) is 6.63. The molecule has 186 valence electrons. The van der Waals surface area contributed by atoms with Gasteiger partial charge in [-0.05, 0) is 82.9 Å². The summed E-state index contributed by atoms with van der Waals surface area (Å²) in [4.78, 5) is 0. The second-order valence-corrected chi connectivity index (χ2v) is 8.56. The number of hydrogen-bond acceptors (Lipinski definition) is 2. The number of rotatable bonds is 6. The van der Waals surface area contributed by atoms with Gasteiger partial charge in [0.1, 0.15) is 0 Å². The molecule has 0 radical (unpaired) electrons. The van der Waals surface area contributed by atoms with Crippen LogP contribution in [-0.2, 0) is 0 Å². The van der Waals surface area contributed by atoms with Crippen LogP contribution in [0.3, 0.4) is 0 Å². The zero-order valence-electron chi connectivity index (χ0n) is 22.8. The summed E-state index contributed by atoms with van der Waals surface area (Å²) in [6.07, 6.45) is 10.2. The molecule has 0 heterocycles. The predicted octanol–water partition coefficient (Wildman–Crippen LogP) is 9.76. The van der Waals surface area contributed by atoms with Crippen LogP contribution < -0.4 is 5.32 Å². The molecule has 0 spiro atoms. The Morgan fingerprint density at radius 3 is 2.30 bits per heavy atom. The Kier molecular flexibility index (Phi) is 9.25.